The van der Waals surface area contributed by atoms with E-state index in [0.29, 0.717) is 5.92 Å². The molecule has 3 unspecified atom stereocenters. The van der Waals surface area contributed by atoms with Crippen molar-refractivity contribution in [3.8, 4) is 6.07 Å². The van der Waals surface area contributed by atoms with E-state index in [4.69, 9.17) is 16.0 Å². The number of aliphatic imine (C=N–C) groups is 1. The molecule has 1 aliphatic heterocycles. The van der Waals surface area contributed by atoms with Gasteiger partial charge < -0.3 is 16.4 Å². The number of amidine groups is 1. The van der Waals surface area contributed by atoms with Crippen LogP contribution in [0.1, 0.15) is 39.5 Å². The third-order valence-corrected chi connectivity index (χ3v) is 5.69. The number of likely N-dealkylation sites (N-methyl/N-ethyl adjacent to an activating group) is 1. The maximum Gasteiger partial charge on any atom is 0.142 e. The van der Waals surface area contributed by atoms with Crippen molar-refractivity contribution in [1.29, 1.82) is 5.26 Å². The van der Waals surface area contributed by atoms with Gasteiger partial charge in [0.15, 0.2) is 0 Å². The SMILES string of the molecule is CNC1=NC(/C(C)=C/C=C\N)NC2=C1C=C(C)C(C1=CCC(C#N)CC1)C2. The number of nitrogens with two attached hydrogens (primary N) is 1. The summed E-state index contributed by atoms with van der Waals surface area (Å²) < 4.78 is 0. The van der Waals surface area contributed by atoms with E-state index < -0.39 is 0 Å². The van der Waals surface area contributed by atoms with Gasteiger partial charge in [-0.05, 0) is 63.5 Å². The lowest BCUT2D eigenvalue weighted by molar-refractivity contribution is 0.513. The second kappa shape index (κ2) is 8.30. The molecule has 0 fully saturated rings. The summed E-state index contributed by atoms with van der Waals surface area (Å²) in [6, 6.07) is 2.41. The first-order valence-corrected chi connectivity index (χ1v) is 9.64. The van der Waals surface area contributed by atoms with Crippen molar-refractivity contribution in [2.45, 2.75) is 45.7 Å². The molecule has 0 spiro atoms. The van der Waals surface area contributed by atoms with Crippen molar-refractivity contribution < 1.29 is 0 Å². The van der Waals surface area contributed by atoms with Crippen molar-refractivity contribution >= 4 is 5.84 Å². The molecule has 2 aliphatic carbocycles. The number of rotatable bonds is 3. The van der Waals surface area contributed by atoms with E-state index in [1.807, 2.05) is 19.2 Å². The Morgan fingerprint density at radius 2 is 2.30 bits per heavy atom. The van der Waals surface area contributed by atoms with Crippen LogP contribution in [-0.2, 0) is 0 Å². The fraction of sp³-hybridized carbons (Fsp3) is 0.455. The number of hydrogen-bond donors (Lipinski definition) is 3. The van der Waals surface area contributed by atoms with Crippen LogP contribution < -0.4 is 16.4 Å². The third-order valence-electron chi connectivity index (χ3n) is 5.69. The highest BCUT2D eigenvalue weighted by molar-refractivity contribution is 6.02. The van der Waals surface area contributed by atoms with Gasteiger partial charge in [-0.3, -0.25) is 0 Å². The Balaban J connectivity index is 1.85. The van der Waals surface area contributed by atoms with Crippen LogP contribution in [0.15, 0.2) is 63.5 Å². The van der Waals surface area contributed by atoms with Gasteiger partial charge in [-0.2, -0.15) is 5.26 Å². The second-order valence-electron chi connectivity index (χ2n) is 7.49. The van der Waals surface area contributed by atoms with Crippen LogP contribution in [0.5, 0.6) is 0 Å². The first kappa shape index (κ1) is 19.0. The lowest BCUT2D eigenvalue weighted by atomic mass is 9.76. The first-order chi connectivity index (χ1) is 13.1. The molecule has 0 aromatic rings. The van der Waals surface area contributed by atoms with Gasteiger partial charge in [-0.15, -0.1) is 0 Å². The van der Waals surface area contributed by atoms with Crippen LogP contribution in [-0.4, -0.2) is 19.0 Å². The van der Waals surface area contributed by atoms with Gasteiger partial charge in [0, 0.05) is 24.2 Å². The van der Waals surface area contributed by atoms with Crippen LogP contribution in [0.3, 0.4) is 0 Å². The molecule has 0 saturated heterocycles. The molecule has 0 radical (unpaired) electrons. The summed E-state index contributed by atoms with van der Waals surface area (Å²) in [6.07, 6.45) is 13.7. The molecular formula is C22H29N5. The van der Waals surface area contributed by atoms with Crippen LogP contribution in [0.2, 0.25) is 0 Å². The average molecular weight is 364 g/mol. The lowest BCUT2D eigenvalue weighted by Gasteiger charge is -2.35. The van der Waals surface area contributed by atoms with E-state index in [-0.39, 0.29) is 12.1 Å². The number of nitrogens with one attached hydrogen (secondary N) is 2. The fourth-order valence-electron chi connectivity index (χ4n) is 4.06. The van der Waals surface area contributed by atoms with Crippen LogP contribution >= 0.6 is 0 Å². The zero-order chi connectivity index (χ0) is 19.4. The minimum atomic E-state index is -0.0850. The summed E-state index contributed by atoms with van der Waals surface area (Å²) in [7, 11) is 1.92. The molecule has 27 heavy (non-hydrogen) atoms. The molecule has 5 heteroatoms. The predicted molar refractivity (Wildman–Crippen MR) is 110 cm³/mol. The molecule has 0 aromatic carbocycles. The highest BCUT2D eigenvalue weighted by Gasteiger charge is 2.31. The minimum absolute atomic E-state index is 0.0850. The zero-order valence-corrected chi connectivity index (χ0v) is 16.4. The summed E-state index contributed by atoms with van der Waals surface area (Å²) >= 11 is 0. The molecule has 0 amide bonds. The van der Waals surface area contributed by atoms with E-state index in [1.54, 1.807) is 0 Å². The van der Waals surface area contributed by atoms with Gasteiger partial charge >= 0.3 is 0 Å². The van der Waals surface area contributed by atoms with Gasteiger partial charge in [0.05, 0.1) is 12.0 Å². The standard InChI is InChI=1S/C22H29N5/c1-14(5-4-10-23)21-26-20-12-18(17-8-6-16(13-24)7-9-17)15(2)11-19(20)22(25-3)27-21/h4-5,8,10-11,16,18,21,26H,6-7,9,12,23H2,1-3H3,(H,25,27)/b10-4-,14-5+. The number of nitrogens with zero attached hydrogens (tertiary/aromatic N) is 2. The van der Waals surface area contributed by atoms with Crippen molar-refractivity contribution in [1.82, 2.24) is 10.6 Å². The molecule has 3 aliphatic rings. The van der Waals surface area contributed by atoms with Crippen LogP contribution in [0.4, 0.5) is 0 Å². The number of allylic oxidation sites excluding steroid dienone is 6. The maximum atomic E-state index is 9.15. The molecule has 3 rings (SSSR count). The molecule has 4 N–H and O–H groups in total. The number of hydrogen-bond acceptors (Lipinski definition) is 5. The Labute approximate surface area is 162 Å². The molecular weight excluding hydrogens is 334 g/mol. The van der Waals surface area contributed by atoms with Gasteiger partial charge in [-0.1, -0.05) is 23.3 Å². The minimum Gasteiger partial charge on any atom is -0.405 e. The van der Waals surface area contributed by atoms with Gasteiger partial charge in [-0.25, -0.2) is 4.99 Å². The van der Waals surface area contributed by atoms with Gasteiger partial charge in [0.1, 0.15) is 12.0 Å². The second-order valence-corrected chi connectivity index (χ2v) is 7.49. The topological polar surface area (TPSA) is 86.2 Å². The van der Waals surface area contributed by atoms with Gasteiger partial charge in [0.25, 0.3) is 0 Å². The maximum absolute atomic E-state index is 9.15. The van der Waals surface area contributed by atoms with Crippen molar-refractivity contribution in [2.24, 2.45) is 22.6 Å². The summed E-state index contributed by atoms with van der Waals surface area (Å²) in [5, 5.41) is 16.0. The van der Waals surface area contributed by atoms with Crippen LogP contribution in [0.25, 0.3) is 0 Å². The monoisotopic (exact) mass is 363 g/mol. The molecule has 0 aromatic heterocycles. The van der Waals surface area contributed by atoms with E-state index in [1.165, 1.54) is 23.0 Å². The highest BCUT2D eigenvalue weighted by atomic mass is 15.1. The third kappa shape index (κ3) is 4.00. The predicted octanol–water partition coefficient (Wildman–Crippen LogP) is 3.42. The summed E-state index contributed by atoms with van der Waals surface area (Å²) in [6.45, 7) is 4.27. The highest BCUT2D eigenvalue weighted by Crippen LogP contribution is 2.39. The van der Waals surface area contributed by atoms with E-state index in [2.05, 4.69) is 42.7 Å². The van der Waals surface area contributed by atoms with Crippen LogP contribution in [0, 0.1) is 23.2 Å². The van der Waals surface area contributed by atoms with E-state index >= 15 is 0 Å². The van der Waals surface area contributed by atoms with E-state index in [0.717, 1.165) is 42.7 Å². The molecule has 5 nitrogen and oxygen atoms in total. The van der Waals surface area contributed by atoms with Gasteiger partial charge in [0.2, 0.25) is 0 Å². The Hall–Kier alpha value is -2.74. The summed E-state index contributed by atoms with van der Waals surface area (Å²) in [5.41, 5.74) is 11.8. The first-order valence-electron chi connectivity index (χ1n) is 9.64. The lowest BCUT2D eigenvalue weighted by Crippen LogP contribution is -2.40. The quantitative estimate of drug-likeness (QED) is 0.530. The molecule has 0 bridgehead atoms. The average Bonchev–Trinajstić information content (AvgIpc) is 2.70. The van der Waals surface area contributed by atoms with Crippen molar-refractivity contribution in [2.75, 3.05) is 7.05 Å². The normalized spacial score (nSPS) is 28.6. The molecule has 142 valence electrons. The van der Waals surface area contributed by atoms with Crippen molar-refractivity contribution in [3.63, 3.8) is 0 Å². The summed E-state index contributed by atoms with van der Waals surface area (Å²) in [5.74, 6) is 1.53. The Morgan fingerprint density at radius 3 is 2.93 bits per heavy atom. The van der Waals surface area contributed by atoms with E-state index in [9.17, 15) is 0 Å². The summed E-state index contributed by atoms with van der Waals surface area (Å²) in [4.78, 5) is 4.83. The molecule has 3 atom stereocenters. The smallest absolute Gasteiger partial charge is 0.142 e. The fourth-order valence-corrected chi connectivity index (χ4v) is 4.06. The molecule has 1 heterocycles. The zero-order valence-electron chi connectivity index (χ0n) is 16.4. The molecule has 0 saturated carbocycles. The Morgan fingerprint density at radius 1 is 1.48 bits per heavy atom. The largest absolute Gasteiger partial charge is 0.405 e. The van der Waals surface area contributed by atoms with Crippen molar-refractivity contribution in [3.05, 3.63) is 58.5 Å². The Bertz CT molecular complexity index is 816. The number of nitriles is 1. The Kier molecular flexibility index (Phi) is 5.85.